The molecule has 0 heterocycles. The molecule has 1 aromatic rings. The van der Waals surface area contributed by atoms with Crippen molar-refractivity contribution in [2.24, 2.45) is 0 Å². The van der Waals surface area contributed by atoms with Crippen molar-refractivity contribution in [1.82, 2.24) is 10.6 Å². The van der Waals surface area contributed by atoms with E-state index in [9.17, 15) is 14.4 Å². The highest BCUT2D eigenvalue weighted by Crippen LogP contribution is 2.27. The molecule has 1 aromatic carbocycles. The lowest BCUT2D eigenvalue weighted by Crippen LogP contribution is -2.45. The fraction of sp³-hybridized carbons (Fsp3) is 0.308. The van der Waals surface area contributed by atoms with Crippen LogP contribution in [0.25, 0.3) is 0 Å². The molecule has 0 aliphatic carbocycles. The number of anilines is 1. The van der Waals surface area contributed by atoms with E-state index in [0.717, 1.165) is 0 Å². The van der Waals surface area contributed by atoms with Gasteiger partial charge in [0.05, 0.1) is 5.69 Å². The predicted molar refractivity (Wildman–Crippen MR) is 75.1 cm³/mol. The Balaban J connectivity index is 2.84. The number of hydrogen-bond donors (Lipinski definition) is 4. The van der Waals surface area contributed by atoms with E-state index in [-0.39, 0.29) is 17.0 Å². The average molecular weight is 295 g/mol. The summed E-state index contributed by atoms with van der Waals surface area (Å²) in [6, 6.07) is 3.57. The maximum Gasteiger partial charge on any atom is 0.339 e. The number of carboxylic acids is 1. The van der Waals surface area contributed by atoms with E-state index >= 15 is 0 Å². The van der Waals surface area contributed by atoms with E-state index < -0.39 is 24.0 Å². The molecular weight excluding hydrogens is 278 g/mol. The Hall–Kier alpha value is -2.77. The molecule has 0 bridgehead atoms. The van der Waals surface area contributed by atoms with Gasteiger partial charge in [0.25, 0.3) is 5.91 Å². The topological polar surface area (TPSA) is 131 Å². The minimum atomic E-state index is -1.23. The van der Waals surface area contributed by atoms with Crippen LogP contribution in [0.15, 0.2) is 18.2 Å². The van der Waals surface area contributed by atoms with Crippen LogP contribution in [0.4, 0.5) is 10.5 Å². The van der Waals surface area contributed by atoms with Crippen molar-refractivity contribution in [3.63, 3.8) is 0 Å². The van der Waals surface area contributed by atoms with Gasteiger partial charge in [0.1, 0.15) is 5.56 Å². The van der Waals surface area contributed by atoms with Crippen LogP contribution in [-0.2, 0) is 4.79 Å². The summed E-state index contributed by atoms with van der Waals surface area (Å²) >= 11 is 0. The van der Waals surface area contributed by atoms with Crippen LogP contribution < -0.4 is 21.1 Å². The fourth-order valence-corrected chi connectivity index (χ4v) is 1.50. The highest BCUT2D eigenvalue weighted by atomic mass is 16.5. The number of carboxylic acid groups (broad SMARTS) is 1. The predicted octanol–water partition coefficient (Wildman–Crippen LogP) is 0.580. The van der Waals surface area contributed by atoms with Gasteiger partial charge in [-0.15, -0.1) is 0 Å². The third-order valence-corrected chi connectivity index (χ3v) is 2.51. The Morgan fingerprint density at radius 1 is 1.38 bits per heavy atom. The van der Waals surface area contributed by atoms with E-state index in [4.69, 9.17) is 15.6 Å². The summed E-state index contributed by atoms with van der Waals surface area (Å²) in [5.41, 5.74) is 5.59. The van der Waals surface area contributed by atoms with Gasteiger partial charge in [0, 0.05) is 6.54 Å². The number of urea groups is 1. The third-order valence-electron chi connectivity index (χ3n) is 2.51. The zero-order valence-corrected chi connectivity index (χ0v) is 11.7. The molecule has 0 aromatic heterocycles. The van der Waals surface area contributed by atoms with E-state index in [1.54, 1.807) is 6.92 Å². The van der Waals surface area contributed by atoms with Crippen molar-refractivity contribution in [3.8, 4) is 5.75 Å². The Morgan fingerprint density at radius 3 is 2.62 bits per heavy atom. The molecule has 0 saturated heterocycles. The summed E-state index contributed by atoms with van der Waals surface area (Å²) in [7, 11) is 0. The summed E-state index contributed by atoms with van der Waals surface area (Å²) in [4.78, 5) is 34.1. The van der Waals surface area contributed by atoms with Crippen LogP contribution in [-0.4, -0.2) is 35.7 Å². The number of hydrogen-bond acceptors (Lipinski definition) is 5. The maximum atomic E-state index is 11.7. The van der Waals surface area contributed by atoms with Crippen LogP contribution in [0.1, 0.15) is 24.2 Å². The Labute approximate surface area is 121 Å². The van der Waals surface area contributed by atoms with Crippen LogP contribution in [0.2, 0.25) is 0 Å². The zero-order valence-electron chi connectivity index (χ0n) is 11.7. The number of nitrogens with two attached hydrogens (primary N) is 1. The quantitative estimate of drug-likeness (QED) is 0.588. The summed E-state index contributed by atoms with van der Waals surface area (Å²) in [6.07, 6.45) is -1.09. The standard InChI is InChI=1S/C13H17N3O5/c1-3-15-13(20)16-11(17)7(2)21-10-8(12(18)19)5-4-6-9(10)14/h4-7H,3,14H2,1-2H3,(H,18,19)(H2,15,16,17,20). The Bertz CT molecular complexity index is 559. The molecule has 0 fully saturated rings. The second-order valence-electron chi connectivity index (χ2n) is 4.14. The summed E-state index contributed by atoms with van der Waals surface area (Å²) < 4.78 is 5.28. The van der Waals surface area contributed by atoms with Gasteiger partial charge < -0.3 is 20.9 Å². The number of carbonyl (C=O) groups is 3. The number of aromatic carboxylic acids is 1. The Kier molecular flexibility index (Phi) is 5.53. The van der Waals surface area contributed by atoms with Gasteiger partial charge in [-0.2, -0.15) is 0 Å². The fourth-order valence-electron chi connectivity index (χ4n) is 1.50. The number of imide groups is 1. The lowest BCUT2D eigenvalue weighted by atomic mass is 10.1. The van der Waals surface area contributed by atoms with Gasteiger partial charge in [0.15, 0.2) is 11.9 Å². The summed E-state index contributed by atoms with van der Waals surface area (Å²) in [6.45, 7) is 3.45. The van der Waals surface area contributed by atoms with Crippen molar-refractivity contribution in [3.05, 3.63) is 23.8 Å². The monoisotopic (exact) mass is 295 g/mol. The van der Waals surface area contributed by atoms with Crippen LogP contribution in [0, 0.1) is 0 Å². The van der Waals surface area contributed by atoms with Gasteiger partial charge in [0.2, 0.25) is 0 Å². The molecule has 8 nitrogen and oxygen atoms in total. The third kappa shape index (κ3) is 4.37. The number of ether oxygens (including phenoxy) is 1. The largest absolute Gasteiger partial charge is 0.478 e. The molecule has 3 amide bonds. The highest BCUT2D eigenvalue weighted by Gasteiger charge is 2.21. The molecule has 1 unspecified atom stereocenters. The first kappa shape index (κ1) is 16.3. The number of para-hydroxylation sites is 1. The smallest absolute Gasteiger partial charge is 0.339 e. The van der Waals surface area contributed by atoms with Crippen molar-refractivity contribution < 1.29 is 24.2 Å². The van der Waals surface area contributed by atoms with E-state index in [2.05, 4.69) is 10.6 Å². The molecule has 8 heteroatoms. The average Bonchev–Trinajstić information content (AvgIpc) is 2.40. The van der Waals surface area contributed by atoms with Crippen LogP contribution in [0.3, 0.4) is 0 Å². The van der Waals surface area contributed by atoms with Crippen LogP contribution in [0.5, 0.6) is 5.75 Å². The molecule has 0 radical (unpaired) electrons. The lowest BCUT2D eigenvalue weighted by Gasteiger charge is -2.17. The minimum absolute atomic E-state index is 0.0903. The maximum absolute atomic E-state index is 11.7. The number of nitrogen functional groups attached to an aromatic ring is 1. The second-order valence-corrected chi connectivity index (χ2v) is 4.14. The molecule has 1 atom stereocenters. The van der Waals surface area contributed by atoms with Crippen molar-refractivity contribution in [2.45, 2.75) is 20.0 Å². The first-order valence-electron chi connectivity index (χ1n) is 6.24. The zero-order chi connectivity index (χ0) is 16.0. The molecule has 0 aliphatic heterocycles. The highest BCUT2D eigenvalue weighted by molar-refractivity contribution is 5.97. The molecule has 0 aliphatic rings. The normalized spacial score (nSPS) is 11.3. The van der Waals surface area contributed by atoms with Gasteiger partial charge in [-0.3, -0.25) is 10.1 Å². The molecule has 0 spiro atoms. The molecule has 1 rings (SSSR count). The second kappa shape index (κ2) is 7.13. The first-order valence-corrected chi connectivity index (χ1v) is 6.24. The van der Waals surface area contributed by atoms with E-state index in [1.165, 1.54) is 25.1 Å². The molecule has 5 N–H and O–H groups in total. The molecule has 21 heavy (non-hydrogen) atoms. The number of nitrogens with one attached hydrogen (secondary N) is 2. The van der Waals surface area contributed by atoms with Gasteiger partial charge in [-0.1, -0.05) is 6.07 Å². The van der Waals surface area contributed by atoms with Crippen LogP contribution >= 0.6 is 0 Å². The molecule has 114 valence electrons. The molecule has 0 saturated carbocycles. The number of amides is 3. The van der Waals surface area contributed by atoms with Gasteiger partial charge in [-0.25, -0.2) is 9.59 Å². The number of benzene rings is 1. The van der Waals surface area contributed by atoms with Crippen molar-refractivity contribution >= 4 is 23.6 Å². The van der Waals surface area contributed by atoms with Crippen molar-refractivity contribution in [1.29, 1.82) is 0 Å². The SMILES string of the molecule is CCNC(=O)NC(=O)C(C)Oc1c(N)cccc1C(=O)O. The number of rotatable bonds is 5. The minimum Gasteiger partial charge on any atom is -0.478 e. The Morgan fingerprint density at radius 2 is 2.05 bits per heavy atom. The van der Waals surface area contributed by atoms with E-state index in [1.807, 2.05) is 0 Å². The van der Waals surface area contributed by atoms with Gasteiger partial charge >= 0.3 is 12.0 Å². The van der Waals surface area contributed by atoms with Gasteiger partial charge in [-0.05, 0) is 26.0 Å². The first-order chi connectivity index (χ1) is 9.86. The number of carbonyl (C=O) groups excluding carboxylic acids is 2. The summed E-state index contributed by atoms with van der Waals surface area (Å²) in [5.74, 6) is -2.04. The van der Waals surface area contributed by atoms with Crippen molar-refractivity contribution in [2.75, 3.05) is 12.3 Å². The molecular formula is C13H17N3O5. The lowest BCUT2D eigenvalue weighted by molar-refractivity contribution is -0.126. The summed E-state index contributed by atoms with van der Waals surface area (Å²) in [5, 5.41) is 13.5. The van der Waals surface area contributed by atoms with E-state index in [0.29, 0.717) is 6.54 Å².